The van der Waals surface area contributed by atoms with Crippen LogP contribution in [0.3, 0.4) is 0 Å². The van der Waals surface area contributed by atoms with Crippen LogP contribution in [0.1, 0.15) is 17.9 Å². The molecule has 0 aliphatic heterocycles. The van der Waals surface area contributed by atoms with E-state index in [0.29, 0.717) is 17.8 Å². The van der Waals surface area contributed by atoms with Crippen molar-refractivity contribution in [1.82, 2.24) is 4.72 Å². The largest absolute Gasteiger partial charge is 0.325 e. The van der Waals surface area contributed by atoms with E-state index in [1.54, 1.807) is 12.1 Å². The number of sulfonamides is 1. The fourth-order valence-corrected chi connectivity index (χ4v) is 4.66. The Bertz CT molecular complexity index is 834. The van der Waals surface area contributed by atoms with E-state index in [1.165, 1.54) is 18.2 Å². The normalized spacial score (nSPS) is 20.8. The van der Waals surface area contributed by atoms with Crippen LogP contribution in [0, 0.1) is 15.9 Å². The van der Waals surface area contributed by atoms with Gasteiger partial charge in [0.05, 0.1) is 4.92 Å². The number of rotatable bonds is 5. The molecule has 3 rings (SSSR count). The first-order valence-electron chi connectivity index (χ1n) is 6.39. The molecule has 0 amide bonds. The van der Waals surface area contributed by atoms with E-state index in [0.717, 1.165) is 11.6 Å². The summed E-state index contributed by atoms with van der Waals surface area (Å²) in [5.74, 6) is -0.430. The van der Waals surface area contributed by atoms with E-state index < -0.39 is 14.9 Å². The van der Waals surface area contributed by atoms with Gasteiger partial charge in [-0.15, -0.1) is 0 Å². The van der Waals surface area contributed by atoms with Crippen LogP contribution in [0.25, 0.3) is 0 Å². The molecule has 1 aromatic carbocycles. The van der Waals surface area contributed by atoms with Gasteiger partial charge >= 0.3 is 5.00 Å². The molecule has 116 valence electrons. The standard InChI is InChI=1S/C13H11FN2O4S2/c14-9-3-1-2-8(6-9)10-7-11(10)15-22(19,20)13-5-4-12(21-13)16(17)18/h1-6,10-11,15H,7H2/t10-,11+/m0/s1. The molecule has 1 aliphatic rings. The molecule has 0 saturated heterocycles. The molecule has 1 heterocycles. The predicted octanol–water partition coefficient (Wildman–Crippen LogP) is 2.63. The lowest BCUT2D eigenvalue weighted by Crippen LogP contribution is -2.26. The molecule has 6 nitrogen and oxygen atoms in total. The molecule has 1 aliphatic carbocycles. The number of halogens is 1. The minimum absolute atomic E-state index is 0.0691. The maximum absolute atomic E-state index is 13.2. The number of benzene rings is 1. The average Bonchev–Trinajstić information content (AvgIpc) is 3.00. The van der Waals surface area contributed by atoms with Gasteiger partial charge in [-0.1, -0.05) is 12.1 Å². The molecule has 1 saturated carbocycles. The highest BCUT2D eigenvalue weighted by Crippen LogP contribution is 2.42. The van der Waals surface area contributed by atoms with Gasteiger partial charge in [-0.05, 0) is 41.5 Å². The number of thiophene rings is 1. The minimum Gasteiger partial charge on any atom is -0.258 e. The fourth-order valence-electron chi connectivity index (χ4n) is 2.24. The number of nitro groups is 1. The summed E-state index contributed by atoms with van der Waals surface area (Å²) in [7, 11) is -3.79. The van der Waals surface area contributed by atoms with E-state index in [1.807, 2.05) is 0 Å². The molecule has 2 aromatic rings. The summed E-state index contributed by atoms with van der Waals surface area (Å²) >= 11 is 0.608. The Balaban J connectivity index is 1.72. The maximum Gasteiger partial charge on any atom is 0.325 e. The van der Waals surface area contributed by atoms with Crippen molar-refractivity contribution in [2.45, 2.75) is 22.6 Å². The summed E-state index contributed by atoms with van der Waals surface area (Å²) < 4.78 is 39.9. The molecule has 0 unspecified atom stereocenters. The van der Waals surface area contributed by atoms with Gasteiger partial charge in [0.15, 0.2) is 0 Å². The third kappa shape index (κ3) is 3.01. The molecule has 1 aromatic heterocycles. The van der Waals surface area contributed by atoms with Gasteiger partial charge in [0.25, 0.3) is 10.0 Å². The Morgan fingerprint density at radius 3 is 2.73 bits per heavy atom. The van der Waals surface area contributed by atoms with Crippen LogP contribution in [0.2, 0.25) is 0 Å². The molecule has 0 spiro atoms. The SMILES string of the molecule is O=[N+]([O-])c1ccc(S(=O)(=O)N[C@@H]2C[C@H]2c2cccc(F)c2)s1. The Morgan fingerprint density at radius 2 is 2.09 bits per heavy atom. The van der Waals surface area contributed by atoms with Gasteiger partial charge < -0.3 is 0 Å². The molecule has 2 atom stereocenters. The van der Waals surface area contributed by atoms with Gasteiger partial charge in [-0.3, -0.25) is 10.1 Å². The molecular weight excluding hydrogens is 331 g/mol. The van der Waals surface area contributed by atoms with E-state index in [9.17, 15) is 22.9 Å². The van der Waals surface area contributed by atoms with E-state index in [2.05, 4.69) is 4.72 Å². The second-order valence-electron chi connectivity index (χ2n) is 4.97. The highest BCUT2D eigenvalue weighted by molar-refractivity contribution is 7.91. The Kier molecular flexibility index (Phi) is 3.71. The van der Waals surface area contributed by atoms with Crippen LogP contribution in [0.15, 0.2) is 40.6 Å². The first-order valence-corrected chi connectivity index (χ1v) is 8.69. The Labute approximate surface area is 129 Å². The van der Waals surface area contributed by atoms with Crippen molar-refractivity contribution in [1.29, 1.82) is 0 Å². The van der Waals surface area contributed by atoms with Crippen molar-refractivity contribution in [3.8, 4) is 0 Å². The lowest BCUT2D eigenvalue weighted by Gasteiger charge is -2.04. The maximum atomic E-state index is 13.2. The molecule has 1 fully saturated rings. The molecule has 1 N–H and O–H groups in total. The zero-order chi connectivity index (χ0) is 15.9. The molecule has 0 radical (unpaired) electrons. The Morgan fingerprint density at radius 1 is 1.32 bits per heavy atom. The quantitative estimate of drug-likeness (QED) is 0.668. The smallest absolute Gasteiger partial charge is 0.258 e. The zero-order valence-electron chi connectivity index (χ0n) is 11.1. The van der Waals surface area contributed by atoms with Gasteiger partial charge in [-0.25, -0.2) is 17.5 Å². The number of hydrogen-bond donors (Lipinski definition) is 1. The number of hydrogen-bond acceptors (Lipinski definition) is 5. The lowest BCUT2D eigenvalue weighted by atomic mass is 10.1. The number of nitrogens with zero attached hydrogens (tertiary/aromatic N) is 1. The second kappa shape index (κ2) is 5.41. The molecule has 22 heavy (non-hydrogen) atoms. The monoisotopic (exact) mass is 342 g/mol. The van der Waals surface area contributed by atoms with E-state index >= 15 is 0 Å². The van der Waals surface area contributed by atoms with Crippen molar-refractivity contribution < 1.29 is 17.7 Å². The number of nitrogens with one attached hydrogen (secondary N) is 1. The van der Waals surface area contributed by atoms with Gasteiger partial charge in [0.1, 0.15) is 10.0 Å². The predicted molar refractivity (Wildman–Crippen MR) is 78.8 cm³/mol. The third-order valence-electron chi connectivity index (χ3n) is 3.39. The lowest BCUT2D eigenvalue weighted by molar-refractivity contribution is -0.380. The van der Waals surface area contributed by atoms with E-state index in [-0.39, 0.29) is 27.0 Å². The van der Waals surface area contributed by atoms with Crippen LogP contribution in [0.4, 0.5) is 9.39 Å². The van der Waals surface area contributed by atoms with Crippen LogP contribution in [-0.2, 0) is 10.0 Å². The van der Waals surface area contributed by atoms with Crippen LogP contribution >= 0.6 is 11.3 Å². The first kappa shape index (κ1) is 15.1. The molecular formula is C13H11FN2O4S2. The van der Waals surface area contributed by atoms with Crippen LogP contribution in [0.5, 0.6) is 0 Å². The molecule has 0 bridgehead atoms. The highest BCUT2D eigenvalue weighted by atomic mass is 32.2. The summed E-state index contributed by atoms with van der Waals surface area (Å²) in [6.07, 6.45) is 0.580. The zero-order valence-corrected chi connectivity index (χ0v) is 12.7. The van der Waals surface area contributed by atoms with Crippen LogP contribution < -0.4 is 4.72 Å². The summed E-state index contributed by atoms with van der Waals surface area (Å²) in [5.41, 5.74) is 0.741. The summed E-state index contributed by atoms with van der Waals surface area (Å²) in [6.45, 7) is 0. The Hall–Kier alpha value is -1.84. The second-order valence-corrected chi connectivity index (χ2v) is 7.98. The minimum atomic E-state index is -3.79. The van der Waals surface area contributed by atoms with Crippen molar-refractivity contribution >= 4 is 26.4 Å². The van der Waals surface area contributed by atoms with Gasteiger partial charge in [0, 0.05) is 18.0 Å². The highest BCUT2D eigenvalue weighted by Gasteiger charge is 2.41. The van der Waals surface area contributed by atoms with Crippen molar-refractivity contribution in [2.75, 3.05) is 0 Å². The fraction of sp³-hybridized carbons (Fsp3) is 0.231. The summed E-state index contributed by atoms with van der Waals surface area (Å²) in [4.78, 5) is 9.98. The summed E-state index contributed by atoms with van der Waals surface area (Å²) in [5, 5.41) is 10.4. The van der Waals surface area contributed by atoms with Crippen molar-refractivity contribution in [3.63, 3.8) is 0 Å². The van der Waals surface area contributed by atoms with Crippen LogP contribution in [-0.4, -0.2) is 19.4 Å². The molecule has 9 heteroatoms. The van der Waals surface area contributed by atoms with Gasteiger partial charge in [-0.2, -0.15) is 0 Å². The van der Waals surface area contributed by atoms with Crippen molar-refractivity contribution in [2.24, 2.45) is 0 Å². The van der Waals surface area contributed by atoms with Gasteiger partial charge in [0.2, 0.25) is 0 Å². The van der Waals surface area contributed by atoms with Crippen molar-refractivity contribution in [3.05, 3.63) is 57.9 Å². The van der Waals surface area contributed by atoms with E-state index in [4.69, 9.17) is 0 Å². The topological polar surface area (TPSA) is 89.3 Å². The average molecular weight is 342 g/mol. The summed E-state index contributed by atoms with van der Waals surface area (Å²) in [6, 6.07) is 8.11. The third-order valence-corrected chi connectivity index (χ3v) is 6.40. The first-order chi connectivity index (χ1) is 10.4.